The fourth-order valence-electron chi connectivity index (χ4n) is 1.72. The molecule has 1 heterocycles. The van der Waals surface area contributed by atoms with E-state index in [9.17, 15) is 13.2 Å². The van der Waals surface area contributed by atoms with E-state index in [1.165, 1.54) is 38.5 Å². The molecule has 10 nitrogen and oxygen atoms in total. The van der Waals surface area contributed by atoms with Crippen molar-refractivity contribution in [2.24, 2.45) is 0 Å². The standard InChI is InChI=1S/C13H14N4O6S/c1-21-10(18)8-6-4-5-7-9(8)24(19,20)17-11-14-12(22-2)16-13(15-11)23-3/h4-7H,1-3H3,(H,14,15,16,17). The number of rotatable bonds is 6. The molecule has 0 unspecified atom stereocenters. The molecule has 0 bridgehead atoms. The summed E-state index contributed by atoms with van der Waals surface area (Å²) < 4.78 is 41.5. The second kappa shape index (κ2) is 7.08. The average Bonchev–Trinajstić information content (AvgIpc) is 2.60. The summed E-state index contributed by atoms with van der Waals surface area (Å²) in [5, 5.41) is 0. The molecule has 0 aliphatic rings. The van der Waals surface area contributed by atoms with Gasteiger partial charge in [0.05, 0.1) is 26.9 Å². The van der Waals surface area contributed by atoms with Gasteiger partial charge < -0.3 is 14.2 Å². The minimum Gasteiger partial charge on any atom is -0.467 e. The van der Waals surface area contributed by atoms with Crippen molar-refractivity contribution in [1.29, 1.82) is 0 Å². The first kappa shape index (κ1) is 17.4. The van der Waals surface area contributed by atoms with Gasteiger partial charge >= 0.3 is 18.0 Å². The van der Waals surface area contributed by atoms with Gasteiger partial charge in [0.25, 0.3) is 10.0 Å². The van der Waals surface area contributed by atoms with E-state index in [1.54, 1.807) is 0 Å². The maximum absolute atomic E-state index is 12.5. The lowest BCUT2D eigenvalue weighted by Crippen LogP contribution is -2.19. The van der Waals surface area contributed by atoms with Crippen LogP contribution < -0.4 is 14.2 Å². The number of ether oxygens (including phenoxy) is 3. The minimum atomic E-state index is -4.16. The van der Waals surface area contributed by atoms with Crippen LogP contribution >= 0.6 is 0 Å². The summed E-state index contributed by atoms with van der Waals surface area (Å²) in [5.74, 6) is -1.11. The van der Waals surface area contributed by atoms with Gasteiger partial charge in [0.1, 0.15) is 4.90 Å². The molecule has 2 rings (SSSR count). The Morgan fingerprint density at radius 2 is 1.58 bits per heavy atom. The summed E-state index contributed by atoms with van der Waals surface area (Å²) in [6.45, 7) is 0. The van der Waals surface area contributed by atoms with Gasteiger partial charge in [-0.2, -0.15) is 9.97 Å². The van der Waals surface area contributed by atoms with Gasteiger partial charge in [-0.25, -0.2) is 17.9 Å². The minimum absolute atomic E-state index is 0.125. The zero-order chi connectivity index (χ0) is 17.7. The van der Waals surface area contributed by atoms with Crippen LogP contribution in [0.15, 0.2) is 29.2 Å². The molecule has 24 heavy (non-hydrogen) atoms. The number of nitrogens with one attached hydrogen (secondary N) is 1. The van der Waals surface area contributed by atoms with E-state index in [4.69, 9.17) is 9.47 Å². The zero-order valence-corrected chi connectivity index (χ0v) is 13.8. The lowest BCUT2D eigenvalue weighted by Gasteiger charge is -2.11. The first-order valence-corrected chi connectivity index (χ1v) is 7.93. The van der Waals surface area contributed by atoms with E-state index in [1.807, 2.05) is 0 Å². The average molecular weight is 354 g/mol. The summed E-state index contributed by atoms with van der Waals surface area (Å²) >= 11 is 0. The van der Waals surface area contributed by atoms with E-state index >= 15 is 0 Å². The van der Waals surface area contributed by atoms with Crippen LogP contribution in [0.2, 0.25) is 0 Å². The number of nitrogens with zero attached hydrogens (tertiary/aromatic N) is 3. The third kappa shape index (κ3) is 3.68. The highest BCUT2D eigenvalue weighted by Crippen LogP contribution is 2.20. The fraction of sp³-hybridized carbons (Fsp3) is 0.231. The molecule has 0 amide bonds. The van der Waals surface area contributed by atoms with Crippen LogP contribution in [0, 0.1) is 0 Å². The lowest BCUT2D eigenvalue weighted by atomic mass is 10.2. The topological polar surface area (TPSA) is 130 Å². The largest absolute Gasteiger partial charge is 0.467 e. The molecule has 128 valence electrons. The van der Waals surface area contributed by atoms with Crippen LogP contribution in [0.3, 0.4) is 0 Å². The van der Waals surface area contributed by atoms with E-state index in [-0.39, 0.29) is 28.4 Å². The number of carbonyl (C=O) groups excluding carboxylic acids is 1. The fourth-order valence-corrected chi connectivity index (χ4v) is 2.86. The maximum atomic E-state index is 12.5. The predicted molar refractivity (Wildman–Crippen MR) is 81.5 cm³/mol. The van der Waals surface area contributed by atoms with E-state index < -0.39 is 16.0 Å². The highest BCUT2D eigenvalue weighted by Gasteiger charge is 2.24. The maximum Gasteiger partial charge on any atom is 0.339 e. The van der Waals surface area contributed by atoms with Crippen LogP contribution in [0.5, 0.6) is 12.0 Å². The highest BCUT2D eigenvalue weighted by molar-refractivity contribution is 7.92. The van der Waals surface area contributed by atoms with Crippen molar-refractivity contribution in [3.05, 3.63) is 29.8 Å². The molecule has 0 saturated heterocycles. The van der Waals surface area contributed by atoms with Crippen molar-refractivity contribution in [1.82, 2.24) is 15.0 Å². The molecule has 0 aliphatic carbocycles. The van der Waals surface area contributed by atoms with Gasteiger partial charge in [0.2, 0.25) is 5.95 Å². The first-order valence-electron chi connectivity index (χ1n) is 6.45. The van der Waals surface area contributed by atoms with Crippen LogP contribution in [-0.2, 0) is 14.8 Å². The third-order valence-corrected chi connectivity index (χ3v) is 4.15. The Labute approximate surface area is 137 Å². The van der Waals surface area contributed by atoms with Gasteiger partial charge in [-0.05, 0) is 12.1 Å². The summed E-state index contributed by atoms with van der Waals surface area (Å²) in [6.07, 6.45) is 0. The van der Waals surface area contributed by atoms with Crippen molar-refractivity contribution in [2.45, 2.75) is 4.90 Å². The molecule has 0 radical (unpaired) electrons. The molecular formula is C13H14N4O6S. The quantitative estimate of drug-likeness (QED) is 0.736. The molecule has 1 N–H and O–H groups in total. The lowest BCUT2D eigenvalue weighted by molar-refractivity contribution is 0.0596. The SMILES string of the molecule is COC(=O)c1ccccc1S(=O)(=O)Nc1nc(OC)nc(OC)n1. The molecule has 1 aromatic heterocycles. The molecule has 11 heteroatoms. The number of anilines is 1. The Morgan fingerprint density at radius 1 is 1.00 bits per heavy atom. The monoisotopic (exact) mass is 354 g/mol. The van der Waals surface area contributed by atoms with Crippen molar-refractivity contribution >= 4 is 21.9 Å². The van der Waals surface area contributed by atoms with E-state index in [2.05, 4.69) is 24.4 Å². The Balaban J connectivity index is 2.45. The number of methoxy groups -OCH3 is 3. The molecule has 0 spiro atoms. The highest BCUT2D eigenvalue weighted by atomic mass is 32.2. The van der Waals surface area contributed by atoms with Crippen LogP contribution in [0.25, 0.3) is 0 Å². The van der Waals surface area contributed by atoms with Crippen molar-refractivity contribution in [2.75, 3.05) is 26.1 Å². The number of esters is 1. The summed E-state index contributed by atoms with van der Waals surface area (Å²) in [4.78, 5) is 22.8. The smallest absolute Gasteiger partial charge is 0.339 e. The van der Waals surface area contributed by atoms with Crippen LogP contribution in [0.1, 0.15) is 10.4 Å². The van der Waals surface area contributed by atoms with Crippen LogP contribution in [0.4, 0.5) is 5.95 Å². The number of sulfonamides is 1. The number of carbonyl (C=O) groups is 1. The molecule has 0 fully saturated rings. The Kier molecular flexibility index (Phi) is 5.14. The number of aromatic nitrogens is 3. The summed E-state index contributed by atoms with van der Waals surface area (Å²) in [6, 6.07) is 5.29. The first-order chi connectivity index (χ1) is 11.4. The Morgan fingerprint density at radius 3 is 2.12 bits per heavy atom. The number of hydrogen-bond acceptors (Lipinski definition) is 9. The Hall–Kier alpha value is -2.95. The molecular weight excluding hydrogens is 340 g/mol. The van der Waals surface area contributed by atoms with Crippen molar-refractivity contribution in [3.63, 3.8) is 0 Å². The predicted octanol–water partition coefficient (Wildman–Crippen LogP) is 0.476. The second-order valence-electron chi connectivity index (χ2n) is 4.23. The van der Waals surface area contributed by atoms with Gasteiger partial charge in [-0.1, -0.05) is 12.1 Å². The van der Waals surface area contributed by atoms with Gasteiger partial charge in [0.15, 0.2) is 0 Å². The summed E-state index contributed by atoms with van der Waals surface area (Å²) in [5.41, 5.74) is -0.125. The molecule has 0 saturated carbocycles. The van der Waals surface area contributed by atoms with Gasteiger partial charge in [-0.3, -0.25) is 0 Å². The second-order valence-corrected chi connectivity index (χ2v) is 5.88. The van der Waals surface area contributed by atoms with Gasteiger partial charge in [0, 0.05) is 0 Å². The molecule has 0 aliphatic heterocycles. The molecule has 2 aromatic rings. The van der Waals surface area contributed by atoms with Crippen molar-refractivity contribution < 1.29 is 27.4 Å². The van der Waals surface area contributed by atoms with Gasteiger partial charge in [-0.15, -0.1) is 4.98 Å². The van der Waals surface area contributed by atoms with E-state index in [0.29, 0.717) is 0 Å². The molecule has 1 aromatic carbocycles. The van der Waals surface area contributed by atoms with Crippen molar-refractivity contribution in [3.8, 4) is 12.0 Å². The normalized spacial score (nSPS) is 10.8. The van der Waals surface area contributed by atoms with Crippen LogP contribution in [-0.4, -0.2) is 50.7 Å². The Bertz CT molecular complexity index is 833. The third-order valence-electron chi connectivity index (χ3n) is 2.77. The molecule has 0 atom stereocenters. The number of hydrogen-bond donors (Lipinski definition) is 1. The number of benzene rings is 1. The van der Waals surface area contributed by atoms with E-state index in [0.717, 1.165) is 7.11 Å². The summed E-state index contributed by atoms with van der Waals surface area (Å²) in [7, 11) is -0.400. The zero-order valence-electron chi connectivity index (χ0n) is 13.0.